The Morgan fingerprint density at radius 2 is 1.90 bits per heavy atom. The van der Waals surface area contributed by atoms with Crippen LogP contribution in [0.2, 0.25) is 0 Å². The van der Waals surface area contributed by atoms with Gasteiger partial charge in [0.05, 0.1) is 0 Å². The number of nitrogens with one attached hydrogen (secondary N) is 1. The molecule has 21 heavy (non-hydrogen) atoms. The number of amides is 2. The average Bonchev–Trinajstić information content (AvgIpc) is 2.59. The maximum Gasteiger partial charge on any atom is 0.245 e. The molecule has 0 spiro atoms. The smallest absolute Gasteiger partial charge is 0.245 e. The summed E-state index contributed by atoms with van der Waals surface area (Å²) in [6, 6.07) is 0.0153. The van der Waals surface area contributed by atoms with Crippen molar-refractivity contribution >= 4 is 23.6 Å². The molecule has 2 amide bonds. The first-order valence-corrected chi connectivity index (χ1v) is 9.42. The molecule has 0 bridgehead atoms. The highest BCUT2D eigenvalue weighted by atomic mass is 32.2. The van der Waals surface area contributed by atoms with Gasteiger partial charge < -0.3 is 10.2 Å². The van der Waals surface area contributed by atoms with E-state index in [1.807, 2.05) is 16.7 Å². The molecule has 1 atom stereocenters. The van der Waals surface area contributed by atoms with Crippen LogP contribution in [0.5, 0.6) is 0 Å². The normalized spacial score (nSPS) is 31.2. The van der Waals surface area contributed by atoms with Crippen LogP contribution < -0.4 is 5.32 Å². The molecule has 1 heterocycles. The van der Waals surface area contributed by atoms with E-state index >= 15 is 0 Å². The molecule has 5 heteroatoms. The molecule has 0 aromatic rings. The minimum absolute atomic E-state index is 0.0225. The van der Waals surface area contributed by atoms with Crippen molar-refractivity contribution in [2.75, 3.05) is 12.8 Å². The second-order valence-corrected chi connectivity index (χ2v) is 7.84. The quantitative estimate of drug-likeness (QED) is 0.867. The third-order valence-electron chi connectivity index (χ3n) is 4.62. The Morgan fingerprint density at radius 3 is 2.48 bits per heavy atom. The van der Waals surface area contributed by atoms with Crippen LogP contribution in [-0.2, 0) is 9.59 Å². The van der Waals surface area contributed by atoms with E-state index in [2.05, 4.69) is 25.4 Å². The van der Waals surface area contributed by atoms with Gasteiger partial charge in [0.2, 0.25) is 11.8 Å². The molecule has 2 rings (SSSR count). The summed E-state index contributed by atoms with van der Waals surface area (Å²) in [5.74, 6) is 0.572. The van der Waals surface area contributed by atoms with Crippen LogP contribution in [0.3, 0.4) is 0 Å². The molecule has 0 aromatic heterocycles. The zero-order chi connectivity index (χ0) is 15.4. The van der Waals surface area contributed by atoms with Crippen molar-refractivity contribution in [3.63, 3.8) is 0 Å². The molecule has 1 saturated heterocycles. The second-order valence-electron chi connectivity index (χ2n) is 6.70. The molecule has 4 nitrogen and oxygen atoms in total. The van der Waals surface area contributed by atoms with E-state index < -0.39 is 0 Å². The van der Waals surface area contributed by atoms with Gasteiger partial charge in [-0.15, -0.1) is 0 Å². The molecule has 0 aromatic carbocycles. The van der Waals surface area contributed by atoms with E-state index in [1.165, 1.54) is 12.8 Å². The molecular weight excluding hydrogens is 284 g/mol. The van der Waals surface area contributed by atoms with Crippen molar-refractivity contribution in [3.8, 4) is 0 Å². The lowest BCUT2D eigenvalue weighted by molar-refractivity contribution is -0.136. The van der Waals surface area contributed by atoms with E-state index in [-0.39, 0.29) is 17.9 Å². The van der Waals surface area contributed by atoms with Gasteiger partial charge in [-0.3, -0.25) is 9.59 Å². The van der Waals surface area contributed by atoms with Crippen molar-refractivity contribution in [2.24, 2.45) is 5.92 Å². The zero-order valence-electron chi connectivity index (χ0n) is 13.4. The first-order valence-electron chi connectivity index (χ1n) is 8.14. The summed E-state index contributed by atoms with van der Waals surface area (Å²) in [5.41, 5.74) is 0. The van der Waals surface area contributed by atoms with Crippen LogP contribution in [0, 0.1) is 5.92 Å². The van der Waals surface area contributed by atoms with Crippen molar-refractivity contribution in [3.05, 3.63) is 0 Å². The monoisotopic (exact) mass is 312 g/mol. The fourth-order valence-electron chi connectivity index (χ4n) is 3.45. The predicted molar refractivity (Wildman–Crippen MR) is 87.3 cm³/mol. The fraction of sp³-hybridized carbons (Fsp3) is 0.875. The Hall–Kier alpha value is -0.710. The third kappa shape index (κ3) is 4.38. The molecule has 1 N–H and O–H groups in total. The average molecular weight is 312 g/mol. The lowest BCUT2D eigenvalue weighted by atomic mass is 9.92. The molecule has 2 aliphatic rings. The van der Waals surface area contributed by atoms with E-state index in [9.17, 15) is 9.59 Å². The molecule has 1 aliphatic heterocycles. The second kappa shape index (κ2) is 7.52. The van der Waals surface area contributed by atoms with Crippen LogP contribution in [0.15, 0.2) is 0 Å². The van der Waals surface area contributed by atoms with Gasteiger partial charge in [0.25, 0.3) is 0 Å². The SMILES string of the molecule is CSC1CCC(N2CCC(=O)NC(CC(C)C)C2=O)CC1. The van der Waals surface area contributed by atoms with Gasteiger partial charge >= 0.3 is 0 Å². The van der Waals surface area contributed by atoms with Crippen molar-refractivity contribution in [2.45, 2.75) is 69.7 Å². The van der Waals surface area contributed by atoms with Crippen molar-refractivity contribution in [1.29, 1.82) is 0 Å². The van der Waals surface area contributed by atoms with Crippen molar-refractivity contribution < 1.29 is 9.59 Å². The summed E-state index contributed by atoms with van der Waals surface area (Å²) in [6.45, 7) is 4.78. The predicted octanol–water partition coefficient (Wildman–Crippen LogP) is 2.42. The van der Waals surface area contributed by atoms with Gasteiger partial charge in [-0.05, 0) is 44.3 Å². The first kappa shape index (κ1) is 16.7. The van der Waals surface area contributed by atoms with Crippen LogP contribution in [-0.4, -0.2) is 46.8 Å². The highest BCUT2D eigenvalue weighted by Gasteiger charge is 2.35. The number of carbonyl (C=O) groups excluding carboxylic acids is 2. The van der Waals surface area contributed by atoms with Crippen molar-refractivity contribution in [1.82, 2.24) is 10.2 Å². The fourth-order valence-corrected chi connectivity index (χ4v) is 4.19. The van der Waals surface area contributed by atoms with Gasteiger partial charge in [-0.25, -0.2) is 0 Å². The molecule has 1 unspecified atom stereocenters. The maximum absolute atomic E-state index is 12.8. The lowest BCUT2D eigenvalue weighted by Crippen LogP contribution is -2.49. The van der Waals surface area contributed by atoms with Crippen LogP contribution in [0.1, 0.15) is 52.4 Å². The Morgan fingerprint density at radius 1 is 1.24 bits per heavy atom. The highest BCUT2D eigenvalue weighted by molar-refractivity contribution is 7.99. The third-order valence-corrected chi connectivity index (χ3v) is 5.76. The zero-order valence-corrected chi connectivity index (χ0v) is 14.2. The molecule has 1 aliphatic carbocycles. The summed E-state index contributed by atoms with van der Waals surface area (Å²) >= 11 is 1.94. The molecule has 1 saturated carbocycles. The minimum Gasteiger partial charge on any atom is -0.344 e. The maximum atomic E-state index is 12.8. The standard InChI is InChI=1S/C16H28N2O2S/c1-11(2)10-14-16(20)18(9-8-15(19)17-14)12-4-6-13(21-3)7-5-12/h11-14H,4-10H2,1-3H3,(H,17,19). The largest absolute Gasteiger partial charge is 0.344 e. The lowest BCUT2D eigenvalue weighted by Gasteiger charge is -2.37. The highest BCUT2D eigenvalue weighted by Crippen LogP contribution is 2.30. The Bertz CT molecular complexity index is 378. The van der Waals surface area contributed by atoms with Crippen LogP contribution >= 0.6 is 11.8 Å². The van der Waals surface area contributed by atoms with E-state index in [0.29, 0.717) is 24.9 Å². The Balaban J connectivity index is 2.03. The van der Waals surface area contributed by atoms with Gasteiger partial charge in [-0.1, -0.05) is 13.8 Å². The molecular formula is C16H28N2O2S. The number of nitrogens with zero attached hydrogens (tertiary/aromatic N) is 1. The number of hydrogen-bond acceptors (Lipinski definition) is 3. The van der Waals surface area contributed by atoms with Crippen LogP contribution in [0.4, 0.5) is 0 Å². The first-order chi connectivity index (χ1) is 10.0. The van der Waals surface area contributed by atoms with E-state index in [1.54, 1.807) is 0 Å². The van der Waals surface area contributed by atoms with Gasteiger partial charge in [-0.2, -0.15) is 11.8 Å². The minimum atomic E-state index is -0.321. The summed E-state index contributed by atoms with van der Waals surface area (Å²) < 4.78 is 0. The summed E-state index contributed by atoms with van der Waals surface area (Å²) in [4.78, 5) is 26.6. The summed E-state index contributed by atoms with van der Waals surface area (Å²) in [7, 11) is 0. The molecule has 2 fully saturated rings. The summed E-state index contributed by atoms with van der Waals surface area (Å²) in [6.07, 6.45) is 7.89. The topological polar surface area (TPSA) is 49.4 Å². The van der Waals surface area contributed by atoms with Gasteiger partial charge in [0, 0.05) is 24.3 Å². The number of rotatable bonds is 4. The molecule has 0 radical (unpaired) electrons. The van der Waals surface area contributed by atoms with E-state index in [0.717, 1.165) is 24.5 Å². The number of carbonyl (C=O) groups is 2. The van der Waals surface area contributed by atoms with E-state index in [4.69, 9.17) is 0 Å². The Labute approximate surface area is 132 Å². The number of thioether (sulfide) groups is 1. The Kier molecular flexibility index (Phi) is 5.97. The number of hydrogen-bond donors (Lipinski definition) is 1. The molecule has 120 valence electrons. The van der Waals surface area contributed by atoms with Gasteiger partial charge in [0.15, 0.2) is 0 Å². The van der Waals surface area contributed by atoms with Crippen LogP contribution in [0.25, 0.3) is 0 Å². The van der Waals surface area contributed by atoms with Gasteiger partial charge in [0.1, 0.15) is 6.04 Å². The summed E-state index contributed by atoms with van der Waals surface area (Å²) in [5, 5.41) is 3.66.